The van der Waals surface area contributed by atoms with E-state index in [1.165, 1.54) is 12.3 Å². The fraction of sp³-hybridized carbons (Fsp3) is 0.0769. The van der Waals surface area contributed by atoms with E-state index in [1.807, 2.05) is 0 Å². The molecule has 3 aromatic rings. The van der Waals surface area contributed by atoms with Gasteiger partial charge in [0.2, 0.25) is 0 Å². The summed E-state index contributed by atoms with van der Waals surface area (Å²) in [5, 5.41) is -0.0211. The topological polar surface area (TPSA) is 41.6 Å². The zero-order valence-electron chi connectivity index (χ0n) is 9.57. The van der Waals surface area contributed by atoms with E-state index >= 15 is 0 Å². The minimum absolute atomic E-state index is 0.0211. The highest BCUT2D eigenvalue weighted by atomic mass is 19.4. The number of H-pyrrole nitrogens is 1. The van der Waals surface area contributed by atoms with E-state index in [-0.39, 0.29) is 16.9 Å². The number of aromatic amines is 1. The number of fused-ring (bicyclic) bond motifs is 1. The summed E-state index contributed by atoms with van der Waals surface area (Å²) < 4.78 is 39.0. The van der Waals surface area contributed by atoms with Crippen LogP contribution in [0, 0.1) is 0 Å². The monoisotopic (exact) mass is 263 g/mol. The molecular weight excluding hydrogens is 255 g/mol. The van der Waals surface area contributed by atoms with Gasteiger partial charge in [-0.05, 0) is 6.07 Å². The van der Waals surface area contributed by atoms with Gasteiger partial charge in [-0.2, -0.15) is 13.2 Å². The minimum Gasteiger partial charge on any atom is -0.346 e. The molecule has 0 unspecified atom stereocenters. The molecule has 0 saturated carbocycles. The van der Waals surface area contributed by atoms with Crippen molar-refractivity contribution < 1.29 is 13.2 Å². The highest BCUT2D eigenvalue weighted by Gasteiger charge is 2.35. The van der Waals surface area contributed by atoms with Crippen LogP contribution in [0.3, 0.4) is 0 Å². The van der Waals surface area contributed by atoms with Crippen molar-refractivity contribution in [3.05, 3.63) is 48.3 Å². The van der Waals surface area contributed by atoms with E-state index in [1.54, 1.807) is 30.3 Å². The molecule has 6 heteroatoms. The Morgan fingerprint density at radius 1 is 0.947 bits per heavy atom. The van der Waals surface area contributed by atoms with Crippen LogP contribution in [0.1, 0.15) is 5.69 Å². The van der Waals surface area contributed by atoms with Crippen molar-refractivity contribution in [1.82, 2.24) is 15.0 Å². The van der Waals surface area contributed by atoms with Gasteiger partial charge in [-0.15, -0.1) is 0 Å². The maximum Gasteiger partial charge on any atom is 0.434 e. The Morgan fingerprint density at radius 2 is 1.68 bits per heavy atom. The Balaban J connectivity index is 2.28. The van der Waals surface area contributed by atoms with Crippen LogP contribution in [-0.2, 0) is 6.18 Å². The average Bonchev–Trinajstić information content (AvgIpc) is 2.85. The molecule has 3 nitrogen and oxygen atoms in total. The zero-order valence-corrected chi connectivity index (χ0v) is 9.57. The molecule has 0 aliphatic rings. The number of nitrogens with zero attached hydrogens (tertiary/aromatic N) is 2. The molecule has 1 N–H and O–H groups in total. The van der Waals surface area contributed by atoms with Gasteiger partial charge in [-0.3, -0.25) is 0 Å². The number of rotatable bonds is 1. The first-order chi connectivity index (χ1) is 9.05. The molecule has 0 radical (unpaired) electrons. The third-order valence-corrected chi connectivity index (χ3v) is 2.72. The molecule has 0 saturated heterocycles. The Labute approximate surface area is 106 Å². The average molecular weight is 263 g/mol. The van der Waals surface area contributed by atoms with Gasteiger partial charge in [-0.25, -0.2) is 9.97 Å². The number of alkyl halides is 3. The molecule has 0 bridgehead atoms. The SMILES string of the molecule is FC(F)(F)c1nc(-c2ccccc2)nc2[nH]ccc12. The van der Waals surface area contributed by atoms with Crippen LogP contribution in [0.25, 0.3) is 22.4 Å². The first kappa shape index (κ1) is 11.7. The minimum atomic E-state index is -4.51. The van der Waals surface area contributed by atoms with E-state index in [4.69, 9.17) is 0 Å². The lowest BCUT2D eigenvalue weighted by molar-refractivity contribution is -0.139. The predicted molar refractivity (Wildman–Crippen MR) is 64.3 cm³/mol. The highest BCUT2D eigenvalue weighted by molar-refractivity contribution is 5.80. The summed E-state index contributed by atoms with van der Waals surface area (Å²) in [7, 11) is 0. The maximum atomic E-state index is 13.0. The van der Waals surface area contributed by atoms with Crippen molar-refractivity contribution in [2.24, 2.45) is 0 Å². The van der Waals surface area contributed by atoms with E-state index in [0.29, 0.717) is 5.56 Å². The summed E-state index contributed by atoms with van der Waals surface area (Å²) in [5.74, 6) is 0.0582. The number of hydrogen-bond donors (Lipinski definition) is 1. The molecule has 0 amide bonds. The summed E-state index contributed by atoms with van der Waals surface area (Å²) in [4.78, 5) is 10.5. The molecular formula is C13H8F3N3. The van der Waals surface area contributed by atoms with Crippen molar-refractivity contribution in [3.63, 3.8) is 0 Å². The molecule has 96 valence electrons. The van der Waals surface area contributed by atoms with Crippen molar-refractivity contribution in [3.8, 4) is 11.4 Å². The fourth-order valence-electron chi connectivity index (χ4n) is 1.87. The molecule has 3 rings (SSSR count). The second-order valence-electron chi connectivity index (χ2n) is 4.00. The van der Waals surface area contributed by atoms with E-state index in [2.05, 4.69) is 15.0 Å². The lowest BCUT2D eigenvalue weighted by Gasteiger charge is -2.09. The lowest BCUT2D eigenvalue weighted by Crippen LogP contribution is -2.10. The van der Waals surface area contributed by atoms with Crippen LogP contribution < -0.4 is 0 Å². The fourth-order valence-corrected chi connectivity index (χ4v) is 1.87. The van der Waals surface area contributed by atoms with Crippen LogP contribution in [0.4, 0.5) is 13.2 Å². The van der Waals surface area contributed by atoms with Crippen LogP contribution in [0.15, 0.2) is 42.6 Å². The van der Waals surface area contributed by atoms with Crippen LogP contribution in [-0.4, -0.2) is 15.0 Å². The maximum absolute atomic E-state index is 13.0. The highest BCUT2D eigenvalue weighted by Crippen LogP contribution is 2.33. The van der Waals surface area contributed by atoms with Gasteiger partial charge in [0, 0.05) is 17.1 Å². The first-order valence-electron chi connectivity index (χ1n) is 5.53. The molecule has 2 heterocycles. The van der Waals surface area contributed by atoms with Gasteiger partial charge in [0.05, 0.1) is 0 Å². The van der Waals surface area contributed by atoms with Crippen molar-refractivity contribution in [2.45, 2.75) is 6.18 Å². The Hall–Kier alpha value is -2.37. The van der Waals surface area contributed by atoms with Gasteiger partial charge in [-0.1, -0.05) is 30.3 Å². The Kier molecular flexibility index (Phi) is 2.51. The number of aromatic nitrogens is 3. The van der Waals surface area contributed by atoms with Crippen molar-refractivity contribution >= 4 is 11.0 Å². The molecule has 19 heavy (non-hydrogen) atoms. The second kappa shape index (κ2) is 4.08. The van der Waals surface area contributed by atoms with Gasteiger partial charge in [0.1, 0.15) is 5.65 Å². The quantitative estimate of drug-likeness (QED) is 0.728. The predicted octanol–water partition coefficient (Wildman–Crippen LogP) is 3.64. The first-order valence-corrected chi connectivity index (χ1v) is 5.53. The van der Waals surface area contributed by atoms with Gasteiger partial charge in [0.15, 0.2) is 11.5 Å². The normalized spacial score (nSPS) is 11.9. The molecule has 0 spiro atoms. The van der Waals surface area contributed by atoms with E-state index < -0.39 is 11.9 Å². The third kappa shape index (κ3) is 2.05. The number of nitrogens with one attached hydrogen (secondary N) is 1. The lowest BCUT2D eigenvalue weighted by atomic mass is 10.2. The molecule has 1 aromatic carbocycles. The van der Waals surface area contributed by atoms with E-state index in [0.717, 1.165) is 0 Å². The van der Waals surface area contributed by atoms with Crippen LogP contribution in [0.5, 0.6) is 0 Å². The molecule has 2 aromatic heterocycles. The van der Waals surface area contributed by atoms with Gasteiger partial charge >= 0.3 is 6.18 Å². The number of hydrogen-bond acceptors (Lipinski definition) is 2. The summed E-state index contributed by atoms with van der Waals surface area (Å²) >= 11 is 0. The summed E-state index contributed by atoms with van der Waals surface area (Å²) in [5.41, 5.74) is -0.191. The number of halogens is 3. The smallest absolute Gasteiger partial charge is 0.346 e. The Bertz CT molecular complexity index is 717. The standard InChI is InChI=1S/C13H8F3N3/c14-13(15,16)10-9-6-7-17-12(9)19-11(18-10)8-4-2-1-3-5-8/h1-7H,(H,17,18,19). The van der Waals surface area contributed by atoms with E-state index in [9.17, 15) is 13.2 Å². The molecule has 0 atom stereocenters. The summed E-state index contributed by atoms with van der Waals surface area (Å²) in [6.07, 6.45) is -3.09. The van der Waals surface area contributed by atoms with Crippen LogP contribution >= 0.6 is 0 Å². The van der Waals surface area contributed by atoms with Gasteiger partial charge in [0.25, 0.3) is 0 Å². The summed E-state index contributed by atoms with van der Waals surface area (Å²) in [6, 6.07) is 9.90. The van der Waals surface area contributed by atoms with Crippen molar-refractivity contribution in [1.29, 1.82) is 0 Å². The third-order valence-electron chi connectivity index (χ3n) is 2.72. The Morgan fingerprint density at radius 3 is 2.37 bits per heavy atom. The van der Waals surface area contributed by atoms with Gasteiger partial charge < -0.3 is 4.98 Å². The zero-order chi connectivity index (χ0) is 13.5. The molecule has 0 aliphatic carbocycles. The number of benzene rings is 1. The van der Waals surface area contributed by atoms with Crippen LogP contribution in [0.2, 0.25) is 0 Å². The second-order valence-corrected chi connectivity index (χ2v) is 4.00. The molecule has 0 fully saturated rings. The van der Waals surface area contributed by atoms with Crippen molar-refractivity contribution in [2.75, 3.05) is 0 Å². The summed E-state index contributed by atoms with van der Waals surface area (Å²) in [6.45, 7) is 0. The largest absolute Gasteiger partial charge is 0.434 e. The molecule has 0 aliphatic heterocycles.